The van der Waals surface area contributed by atoms with E-state index in [-0.39, 0.29) is 12.5 Å². The lowest BCUT2D eigenvalue weighted by molar-refractivity contribution is -0.144. The third-order valence-electron chi connectivity index (χ3n) is 5.71. The highest BCUT2D eigenvalue weighted by Gasteiger charge is 2.38. The zero-order chi connectivity index (χ0) is 29.3. The minimum Gasteiger partial charge on any atom is -0.444 e. The van der Waals surface area contributed by atoms with Crippen molar-refractivity contribution in [2.24, 2.45) is 5.73 Å². The van der Waals surface area contributed by atoms with Gasteiger partial charge in [0.05, 0.1) is 6.42 Å². The zero-order valence-corrected chi connectivity index (χ0v) is 24.7. The lowest BCUT2D eigenvalue weighted by Crippen LogP contribution is -2.55. The van der Waals surface area contributed by atoms with Crippen LogP contribution in [0.25, 0.3) is 0 Å². The van der Waals surface area contributed by atoms with E-state index in [4.69, 9.17) is 10.5 Å². The minimum atomic E-state index is -1.29. The first kappa shape index (κ1) is 32.9. The summed E-state index contributed by atoms with van der Waals surface area (Å²) in [5.74, 6) is -1.67. The van der Waals surface area contributed by atoms with E-state index in [1.54, 1.807) is 20.8 Å². The Kier molecular flexibility index (Phi) is 12.3. The van der Waals surface area contributed by atoms with E-state index in [1.807, 2.05) is 52.8 Å². The van der Waals surface area contributed by atoms with Gasteiger partial charge in [-0.25, -0.2) is 4.79 Å². The summed E-state index contributed by atoms with van der Waals surface area (Å²) in [7, 11) is 0. The van der Waals surface area contributed by atoms with Gasteiger partial charge >= 0.3 is 6.09 Å². The highest BCUT2D eigenvalue weighted by molar-refractivity contribution is 5.94. The maximum Gasteiger partial charge on any atom is 0.408 e. The topological polar surface area (TPSA) is 131 Å². The Morgan fingerprint density at radius 2 is 1.63 bits per heavy atom. The van der Waals surface area contributed by atoms with Gasteiger partial charge < -0.3 is 26.0 Å². The van der Waals surface area contributed by atoms with Crippen LogP contribution in [0.5, 0.6) is 0 Å². The van der Waals surface area contributed by atoms with E-state index >= 15 is 0 Å². The molecule has 0 aromatic heterocycles. The number of hydrogen-bond donors (Lipinski definition) is 3. The molecule has 38 heavy (non-hydrogen) atoms. The molecule has 2 atom stereocenters. The number of primary amides is 1. The summed E-state index contributed by atoms with van der Waals surface area (Å²) in [5, 5.41) is 5.53. The van der Waals surface area contributed by atoms with Gasteiger partial charge in [0.1, 0.15) is 17.7 Å². The molecule has 0 heterocycles. The van der Waals surface area contributed by atoms with Gasteiger partial charge in [-0.15, -0.1) is 0 Å². The molecule has 2 unspecified atom stereocenters. The van der Waals surface area contributed by atoms with Crippen LogP contribution >= 0.6 is 0 Å². The summed E-state index contributed by atoms with van der Waals surface area (Å²) in [5.41, 5.74) is 6.67. The number of nitrogens with one attached hydrogen (secondary N) is 2. The van der Waals surface area contributed by atoms with Crippen molar-refractivity contribution in [3.05, 3.63) is 34.9 Å². The van der Waals surface area contributed by atoms with Crippen LogP contribution in [0.15, 0.2) is 18.2 Å². The van der Waals surface area contributed by atoms with E-state index in [0.717, 1.165) is 30.4 Å². The predicted molar refractivity (Wildman–Crippen MR) is 149 cm³/mol. The Balaban J connectivity index is 3.60. The molecular weight excluding hydrogens is 484 g/mol. The molecule has 9 nitrogen and oxygen atoms in total. The fraction of sp³-hybridized carbons (Fsp3) is 0.655. The number of nitrogens with two attached hydrogens (primary N) is 1. The molecule has 0 saturated heterocycles. The molecule has 1 aromatic rings. The predicted octanol–water partition coefficient (Wildman–Crippen LogP) is 4.44. The molecule has 0 spiro atoms. The Morgan fingerprint density at radius 3 is 2.13 bits per heavy atom. The average molecular weight is 533 g/mol. The van der Waals surface area contributed by atoms with Gasteiger partial charge in [-0.3, -0.25) is 14.4 Å². The highest BCUT2D eigenvalue weighted by Crippen LogP contribution is 2.28. The van der Waals surface area contributed by atoms with Gasteiger partial charge in [0, 0.05) is 12.1 Å². The largest absolute Gasteiger partial charge is 0.444 e. The van der Waals surface area contributed by atoms with Crippen molar-refractivity contribution >= 4 is 23.8 Å². The van der Waals surface area contributed by atoms with Crippen LogP contribution in [0, 0.1) is 13.8 Å². The van der Waals surface area contributed by atoms with Gasteiger partial charge in [-0.1, -0.05) is 49.9 Å². The monoisotopic (exact) mass is 532 g/mol. The van der Waals surface area contributed by atoms with Crippen LogP contribution in [-0.2, 0) is 19.1 Å². The molecular formula is C29H48N4O5. The number of nitrogens with zero attached hydrogens (tertiary/aromatic N) is 1. The van der Waals surface area contributed by atoms with E-state index in [9.17, 15) is 19.2 Å². The number of hydrogen-bond acceptors (Lipinski definition) is 5. The molecule has 0 bridgehead atoms. The van der Waals surface area contributed by atoms with E-state index in [0.29, 0.717) is 12.0 Å². The summed E-state index contributed by atoms with van der Waals surface area (Å²) in [6, 6.07) is 3.46. The molecule has 9 heteroatoms. The Bertz CT molecular complexity index is 978. The second kappa shape index (κ2) is 14.2. The summed E-state index contributed by atoms with van der Waals surface area (Å²) in [6.07, 6.45) is 2.23. The van der Waals surface area contributed by atoms with Crippen molar-refractivity contribution in [2.45, 2.75) is 118 Å². The number of benzene rings is 1. The fourth-order valence-corrected chi connectivity index (χ4v) is 4.15. The Labute approximate surface area is 228 Å². The van der Waals surface area contributed by atoms with Crippen LogP contribution in [0.1, 0.15) is 103 Å². The van der Waals surface area contributed by atoms with Crippen molar-refractivity contribution in [3.8, 4) is 0 Å². The highest BCUT2D eigenvalue weighted by atomic mass is 16.6. The van der Waals surface area contributed by atoms with Crippen molar-refractivity contribution < 1.29 is 23.9 Å². The summed E-state index contributed by atoms with van der Waals surface area (Å²) in [4.78, 5) is 53.9. The number of carbonyl (C=O) groups excluding carboxylic acids is 4. The van der Waals surface area contributed by atoms with Crippen molar-refractivity contribution in [2.75, 3.05) is 6.54 Å². The van der Waals surface area contributed by atoms with E-state index in [1.165, 1.54) is 4.90 Å². The van der Waals surface area contributed by atoms with Crippen molar-refractivity contribution in [3.63, 3.8) is 0 Å². The Hall–Kier alpha value is -3.10. The van der Waals surface area contributed by atoms with Gasteiger partial charge in [0.2, 0.25) is 17.7 Å². The molecule has 0 aliphatic rings. The molecule has 0 radical (unpaired) electrons. The maximum absolute atomic E-state index is 14.1. The first-order valence-electron chi connectivity index (χ1n) is 13.4. The van der Waals surface area contributed by atoms with Crippen LogP contribution < -0.4 is 16.4 Å². The van der Waals surface area contributed by atoms with Crippen LogP contribution in [0.2, 0.25) is 0 Å². The number of carbonyl (C=O) groups is 4. The molecule has 0 fully saturated rings. The number of rotatable bonds is 12. The lowest BCUT2D eigenvalue weighted by Gasteiger charge is -2.36. The quantitative estimate of drug-likeness (QED) is 0.343. The van der Waals surface area contributed by atoms with Gasteiger partial charge in [0.15, 0.2) is 0 Å². The van der Waals surface area contributed by atoms with Gasteiger partial charge in [-0.05, 0) is 72.9 Å². The smallest absolute Gasteiger partial charge is 0.408 e. The number of alkyl carbamates (subject to hydrolysis) is 1. The Morgan fingerprint density at radius 1 is 1.00 bits per heavy atom. The molecule has 4 amide bonds. The third kappa shape index (κ3) is 11.5. The van der Waals surface area contributed by atoms with Gasteiger partial charge in [0.25, 0.3) is 0 Å². The van der Waals surface area contributed by atoms with Gasteiger partial charge in [-0.2, -0.15) is 0 Å². The van der Waals surface area contributed by atoms with Crippen LogP contribution in [-0.4, -0.2) is 52.4 Å². The molecule has 1 rings (SSSR count). The fourth-order valence-electron chi connectivity index (χ4n) is 4.15. The van der Waals surface area contributed by atoms with E-state index < -0.39 is 47.6 Å². The minimum absolute atomic E-state index is 0.264. The zero-order valence-electron chi connectivity index (χ0n) is 24.7. The first-order valence-corrected chi connectivity index (χ1v) is 13.4. The van der Waals surface area contributed by atoms with Crippen molar-refractivity contribution in [1.82, 2.24) is 15.5 Å². The van der Waals surface area contributed by atoms with Crippen molar-refractivity contribution in [1.29, 1.82) is 0 Å². The van der Waals surface area contributed by atoms with E-state index in [2.05, 4.69) is 17.6 Å². The number of amides is 4. The second-order valence-electron chi connectivity index (χ2n) is 12.0. The average Bonchev–Trinajstić information content (AvgIpc) is 2.73. The SMILES string of the molecule is CCCCCCN(C(=O)C(CC(N)=O)NC(=O)OC(C)(C)C)C(C(=O)NC(C)(C)C)c1ccc(C)cc1C. The molecule has 0 aliphatic heterocycles. The molecule has 0 saturated carbocycles. The number of aryl methyl sites for hydroxylation is 2. The third-order valence-corrected chi connectivity index (χ3v) is 5.71. The standard InChI is InChI=1S/C29H48N4O5/c1-10-11-12-13-16-33(26(36)22(18-23(30)34)31-27(37)38-29(7,8)9)24(25(35)32-28(4,5)6)21-15-14-19(2)17-20(21)3/h14-15,17,22,24H,10-13,16,18H2,1-9H3,(H2,30,34)(H,31,37)(H,32,35). The lowest BCUT2D eigenvalue weighted by atomic mass is 9.95. The summed E-state index contributed by atoms with van der Waals surface area (Å²) >= 11 is 0. The van der Waals surface area contributed by atoms with Crippen LogP contribution in [0.4, 0.5) is 4.79 Å². The molecule has 0 aliphatic carbocycles. The summed E-state index contributed by atoms with van der Waals surface area (Å²) in [6.45, 7) is 16.9. The number of ether oxygens (including phenoxy) is 1. The molecule has 1 aromatic carbocycles. The normalized spacial score (nSPS) is 13.3. The first-order chi connectivity index (χ1) is 17.4. The maximum atomic E-state index is 14.1. The number of unbranched alkanes of at least 4 members (excludes halogenated alkanes) is 3. The molecule has 4 N–H and O–H groups in total. The van der Waals surface area contributed by atoms with Crippen LogP contribution in [0.3, 0.4) is 0 Å². The summed E-state index contributed by atoms with van der Waals surface area (Å²) < 4.78 is 5.33. The second-order valence-corrected chi connectivity index (χ2v) is 12.0. The molecule has 214 valence electrons.